The van der Waals surface area contributed by atoms with E-state index in [0.717, 1.165) is 27.5 Å². The Kier molecular flexibility index (Phi) is 14.7. The van der Waals surface area contributed by atoms with Gasteiger partial charge in [0, 0.05) is 12.5 Å². The third-order valence-electron chi connectivity index (χ3n) is 5.60. The summed E-state index contributed by atoms with van der Waals surface area (Å²) in [7, 11) is 0. The van der Waals surface area contributed by atoms with Crippen molar-refractivity contribution in [1.82, 2.24) is 0 Å². The summed E-state index contributed by atoms with van der Waals surface area (Å²) >= 11 is 0. The van der Waals surface area contributed by atoms with Crippen LogP contribution in [0.3, 0.4) is 0 Å². The number of guanidine groups is 3. The van der Waals surface area contributed by atoms with Gasteiger partial charge in [-0.15, -0.1) is 0 Å². The Labute approximate surface area is 261 Å². The van der Waals surface area contributed by atoms with Gasteiger partial charge < -0.3 is 34.4 Å². The van der Waals surface area contributed by atoms with Crippen molar-refractivity contribution < 1.29 is 14.4 Å². The predicted molar refractivity (Wildman–Crippen MR) is 180 cm³/mol. The Bertz CT molecular complexity index is 1670. The summed E-state index contributed by atoms with van der Waals surface area (Å²) in [6, 6.07) is 32.9. The van der Waals surface area contributed by atoms with Gasteiger partial charge in [-0.25, -0.2) is 0 Å². The third kappa shape index (κ3) is 15.5. The Morgan fingerprint density at radius 1 is 0.556 bits per heavy atom. The number of nitrogens with zero attached hydrogens (tertiary/aromatic N) is 3. The molecule has 0 bridgehead atoms. The molecule has 0 atom stereocenters. The van der Waals surface area contributed by atoms with Crippen molar-refractivity contribution in [3.8, 4) is 0 Å². The molecule has 0 saturated carbocycles. The standard InChI is InChI=1S/C13H13N3O.C10H13N3O.C10H11N3O/c14-13(15)16-12(17)8-9-5-6-10-3-1-2-4-11(10)7-9;2*11-10(12)13-9(14)7-6-8-4-2-1-3-5-8/h1-7H,8H2,(H4,14,15,16,17);1-5H,6-7H2,(H4,11,12,13,14);1-7H,(H4,11,12,13,14). The van der Waals surface area contributed by atoms with Crippen LogP contribution >= 0.6 is 0 Å². The van der Waals surface area contributed by atoms with Gasteiger partial charge in [-0.2, -0.15) is 15.0 Å². The van der Waals surface area contributed by atoms with Crippen LogP contribution in [-0.4, -0.2) is 35.6 Å². The minimum Gasteiger partial charge on any atom is -0.370 e. The molecule has 0 aliphatic rings. The molecule has 4 aromatic carbocycles. The van der Waals surface area contributed by atoms with E-state index in [1.807, 2.05) is 103 Å². The van der Waals surface area contributed by atoms with E-state index in [0.29, 0.717) is 12.8 Å². The number of fused-ring (bicyclic) bond motifs is 1. The fourth-order valence-electron chi connectivity index (χ4n) is 3.70. The van der Waals surface area contributed by atoms with Gasteiger partial charge in [0.2, 0.25) is 5.91 Å². The summed E-state index contributed by atoms with van der Waals surface area (Å²) in [4.78, 5) is 43.7. The van der Waals surface area contributed by atoms with Crippen molar-refractivity contribution in [2.45, 2.75) is 19.3 Å². The molecule has 232 valence electrons. The topological polar surface area (TPSA) is 244 Å². The molecule has 0 saturated heterocycles. The number of hydrogen-bond acceptors (Lipinski definition) is 3. The Morgan fingerprint density at radius 3 is 1.69 bits per heavy atom. The molecule has 0 heterocycles. The number of carbonyl (C=O) groups is 3. The average Bonchev–Trinajstić information content (AvgIpc) is 2.99. The largest absolute Gasteiger partial charge is 0.370 e. The summed E-state index contributed by atoms with van der Waals surface area (Å²) < 4.78 is 0. The molecule has 0 aliphatic carbocycles. The first-order chi connectivity index (χ1) is 21.5. The number of aliphatic imine (C=N–C) groups is 3. The quantitative estimate of drug-likeness (QED) is 0.102. The molecule has 0 spiro atoms. The minimum absolute atomic E-state index is 0.178. The second-order valence-corrected chi connectivity index (χ2v) is 9.32. The van der Waals surface area contributed by atoms with Gasteiger partial charge in [0.15, 0.2) is 17.9 Å². The van der Waals surface area contributed by atoms with E-state index in [1.54, 1.807) is 6.08 Å². The van der Waals surface area contributed by atoms with Crippen molar-refractivity contribution in [3.63, 3.8) is 0 Å². The van der Waals surface area contributed by atoms with Gasteiger partial charge in [-0.05, 0) is 40.0 Å². The highest BCUT2D eigenvalue weighted by Gasteiger charge is 2.03. The van der Waals surface area contributed by atoms with Gasteiger partial charge >= 0.3 is 0 Å². The molecule has 12 N–H and O–H groups in total. The molecule has 0 aromatic heterocycles. The number of aryl methyl sites for hydroxylation is 1. The van der Waals surface area contributed by atoms with Crippen LogP contribution in [0.2, 0.25) is 0 Å². The molecule has 0 fully saturated rings. The lowest BCUT2D eigenvalue weighted by molar-refractivity contribution is -0.118. The van der Waals surface area contributed by atoms with Crippen LogP contribution in [0.5, 0.6) is 0 Å². The number of rotatable bonds is 7. The van der Waals surface area contributed by atoms with Gasteiger partial charge in [-0.3, -0.25) is 14.4 Å². The van der Waals surface area contributed by atoms with Crippen LogP contribution < -0.4 is 34.4 Å². The van der Waals surface area contributed by atoms with Crippen molar-refractivity contribution in [1.29, 1.82) is 0 Å². The van der Waals surface area contributed by atoms with E-state index in [9.17, 15) is 14.4 Å². The highest BCUT2D eigenvalue weighted by Crippen LogP contribution is 2.16. The first-order valence-corrected chi connectivity index (χ1v) is 13.6. The first-order valence-electron chi connectivity index (χ1n) is 13.6. The number of hydrogen-bond donors (Lipinski definition) is 6. The fraction of sp³-hybridized carbons (Fsp3) is 0.0909. The number of carbonyl (C=O) groups excluding carboxylic acids is 3. The molecule has 4 rings (SSSR count). The minimum atomic E-state index is -0.464. The van der Waals surface area contributed by atoms with Crippen LogP contribution in [0.15, 0.2) is 124 Å². The van der Waals surface area contributed by atoms with Gasteiger partial charge in [0.25, 0.3) is 11.8 Å². The summed E-state index contributed by atoms with van der Waals surface area (Å²) in [5, 5.41) is 2.24. The molecule has 0 aliphatic heterocycles. The van der Waals surface area contributed by atoms with Crippen LogP contribution in [0.25, 0.3) is 16.8 Å². The molecule has 4 aromatic rings. The van der Waals surface area contributed by atoms with E-state index in [2.05, 4.69) is 15.0 Å². The molecule has 45 heavy (non-hydrogen) atoms. The van der Waals surface area contributed by atoms with Crippen LogP contribution in [-0.2, 0) is 27.2 Å². The zero-order valence-electron chi connectivity index (χ0n) is 24.6. The SMILES string of the molecule is NC(N)=NC(=O)C=Cc1ccccc1.NC(N)=NC(=O)CCc1ccccc1.NC(N)=NC(=O)Cc1ccc2ccccc2c1. The van der Waals surface area contributed by atoms with Gasteiger partial charge in [-0.1, -0.05) is 103 Å². The Morgan fingerprint density at radius 2 is 1.09 bits per heavy atom. The van der Waals surface area contributed by atoms with Crippen molar-refractivity contribution in [2.75, 3.05) is 0 Å². The molecule has 3 amide bonds. The summed E-state index contributed by atoms with van der Waals surface area (Å²) in [5.74, 6) is -1.69. The van der Waals surface area contributed by atoms with Crippen LogP contribution in [0.1, 0.15) is 23.1 Å². The smallest absolute Gasteiger partial charge is 0.272 e. The lowest BCUT2D eigenvalue weighted by Gasteiger charge is -2.01. The van der Waals surface area contributed by atoms with E-state index in [1.165, 1.54) is 6.08 Å². The Balaban J connectivity index is 0.000000237. The summed E-state index contributed by atoms with van der Waals surface area (Å²) in [6.45, 7) is 0. The zero-order valence-corrected chi connectivity index (χ0v) is 24.6. The lowest BCUT2D eigenvalue weighted by Crippen LogP contribution is -2.24. The molecular formula is C33H37N9O3. The first kappa shape index (κ1) is 34.9. The normalized spacial score (nSPS) is 9.87. The van der Waals surface area contributed by atoms with Crippen molar-refractivity contribution >= 4 is 52.4 Å². The van der Waals surface area contributed by atoms with Crippen molar-refractivity contribution in [3.05, 3.63) is 126 Å². The zero-order chi connectivity index (χ0) is 33.0. The highest BCUT2D eigenvalue weighted by atomic mass is 16.2. The number of amides is 3. The van der Waals surface area contributed by atoms with E-state index in [-0.39, 0.29) is 36.1 Å². The molecule has 12 heteroatoms. The fourth-order valence-corrected chi connectivity index (χ4v) is 3.70. The van der Waals surface area contributed by atoms with Gasteiger partial charge in [0.1, 0.15) is 0 Å². The second kappa shape index (κ2) is 19.0. The highest BCUT2D eigenvalue weighted by molar-refractivity contribution is 5.99. The summed E-state index contributed by atoms with van der Waals surface area (Å²) in [6.07, 6.45) is 4.17. The van der Waals surface area contributed by atoms with Crippen molar-refractivity contribution in [2.24, 2.45) is 49.4 Å². The number of benzene rings is 4. The van der Waals surface area contributed by atoms with E-state index >= 15 is 0 Å². The molecule has 0 radical (unpaired) electrons. The number of nitrogens with two attached hydrogens (primary N) is 6. The van der Waals surface area contributed by atoms with Crippen LogP contribution in [0.4, 0.5) is 0 Å². The predicted octanol–water partition coefficient (Wildman–Crippen LogP) is 2.10. The monoisotopic (exact) mass is 607 g/mol. The Hall–Kier alpha value is -6.30. The van der Waals surface area contributed by atoms with E-state index < -0.39 is 5.91 Å². The van der Waals surface area contributed by atoms with E-state index in [4.69, 9.17) is 34.4 Å². The average molecular weight is 608 g/mol. The molecule has 0 unspecified atom stereocenters. The third-order valence-corrected chi connectivity index (χ3v) is 5.60. The maximum atomic E-state index is 11.4. The second-order valence-electron chi connectivity index (χ2n) is 9.32. The molecular weight excluding hydrogens is 570 g/mol. The molecule has 12 nitrogen and oxygen atoms in total. The van der Waals surface area contributed by atoms with Gasteiger partial charge in [0.05, 0.1) is 6.42 Å². The lowest BCUT2D eigenvalue weighted by atomic mass is 10.1. The maximum absolute atomic E-state index is 11.4. The maximum Gasteiger partial charge on any atom is 0.272 e. The summed E-state index contributed by atoms with van der Waals surface area (Å²) in [5.41, 5.74) is 33.4. The van der Waals surface area contributed by atoms with Crippen LogP contribution in [0, 0.1) is 0 Å².